The number of benzene rings is 2. The van der Waals surface area contributed by atoms with Crippen LogP contribution in [0.3, 0.4) is 0 Å². The van der Waals surface area contributed by atoms with Crippen molar-refractivity contribution < 1.29 is 9.53 Å². The molecule has 21 heavy (non-hydrogen) atoms. The first-order chi connectivity index (χ1) is 10.3. The minimum Gasteiger partial charge on any atom is -0.448 e. The minimum atomic E-state index is -0.740. The summed E-state index contributed by atoms with van der Waals surface area (Å²) in [6.45, 7) is 0.836. The Bertz CT molecular complexity index is 543. The van der Waals surface area contributed by atoms with Gasteiger partial charge in [0.25, 0.3) is 0 Å². The van der Waals surface area contributed by atoms with Crippen LogP contribution in [0.4, 0.5) is 4.79 Å². The predicted molar refractivity (Wildman–Crippen MR) is 82.9 cm³/mol. The number of ether oxygens (including phenoxy) is 1. The average Bonchev–Trinajstić information content (AvgIpc) is 2.52. The third-order valence-corrected chi connectivity index (χ3v) is 3.22. The van der Waals surface area contributed by atoms with Gasteiger partial charge in [-0.1, -0.05) is 60.7 Å². The molecule has 0 saturated heterocycles. The van der Waals surface area contributed by atoms with Crippen molar-refractivity contribution in [3.8, 4) is 0 Å². The van der Waals surface area contributed by atoms with Gasteiger partial charge in [0.1, 0.15) is 6.61 Å². The molecular formula is C17H20N2O2. The SMILES string of the molecule is NC(=O)OCCNC(Cc1ccccc1)c1ccccc1. The Morgan fingerprint density at radius 3 is 2.29 bits per heavy atom. The number of hydrogen-bond acceptors (Lipinski definition) is 3. The zero-order valence-electron chi connectivity index (χ0n) is 11.9. The van der Waals surface area contributed by atoms with Gasteiger partial charge in [0.15, 0.2) is 0 Å². The molecule has 110 valence electrons. The van der Waals surface area contributed by atoms with E-state index < -0.39 is 6.09 Å². The molecule has 0 aliphatic carbocycles. The second-order valence-corrected chi connectivity index (χ2v) is 4.77. The molecule has 0 aliphatic rings. The van der Waals surface area contributed by atoms with Crippen LogP contribution in [0.5, 0.6) is 0 Å². The molecular weight excluding hydrogens is 264 g/mol. The molecule has 1 unspecified atom stereocenters. The summed E-state index contributed by atoms with van der Waals surface area (Å²) in [6, 6.07) is 20.7. The van der Waals surface area contributed by atoms with Crippen LogP contribution in [0.25, 0.3) is 0 Å². The number of carbonyl (C=O) groups is 1. The topological polar surface area (TPSA) is 64.4 Å². The number of nitrogens with two attached hydrogens (primary N) is 1. The summed E-state index contributed by atoms with van der Waals surface area (Å²) >= 11 is 0. The van der Waals surface area contributed by atoms with E-state index in [1.807, 2.05) is 36.4 Å². The Hall–Kier alpha value is -2.33. The van der Waals surface area contributed by atoms with Crippen LogP contribution < -0.4 is 11.1 Å². The van der Waals surface area contributed by atoms with Crippen molar-refractivity contribution in [2.45, 2.75) is 12.5 Å². The molecule has 0 saturated carbocycles. The molecule has 0 bridgehead atoms. The van der Waals surface area contributed by atoms with Gasteiger partial charge < -0.3 is 15.8 Å². The van der Waals surface area contributed by atoms with Gasteiger partial charge >= 0.3 is 6.09 Å². The number of hydrogen-bond donors (Lipinski definition) is 2. The number of rotatable bonds is 7. The van der Waals surface area contributed by atoms with Crippen LogP contribution >= 0.6 is 0 Å². The second kappa shape index (κ2) is 8.07. The quantitative estimate of drug-likeness (QED) is 0.768. The lowest BCUT2D eigenvalue weighted by Crippen LogP contribution is -2.28. The summed E-state index contributed by atoms with van der Waals surface area (Å²) in [5.41, 5.74) is 7.42. The molecule has 0 fully saturated rings. The molecule has 1 atom stereocenters. The molecule has 0 aromatic heterocycles. The van der Waals surface area contributed by atoms with E-state index in [-0.39, 0.29) is 12.6 Å². The van der Waals surface area contributed by atoms with E-state index in [9.17, 15) is 4.79 Å². The molecule has 3 N–H and O–H groups in total. The molecule has 2 rings (SSSR count). The lowest BCUT2D eigenvalue weighted by molar-refractivity contribution is 0.156. The number of nitrogens with one attached hydrogen (secondary N) is 1. The van der Waals surface area contributed by atoms with Crippen LogP contribution in [0, 0.1) is 0 Å². The minimum absolute atomic E-state index is 0.171. The first-order valence-corrected chi connectivity index (χ1v) is 7.00. The highest BCUT2D eigenvalue weighted by Crippen LogP contribution is 2.18. The third-order valence-electron chi connectivity index (χ3n) is 3.22. The Kier molecular flexibility index (Phi) is 5.79. The van der Waals surface area contributed by atoms with E-state index in [4.69, 9.17) is 10.5 Å². The molecule has 4 nitrogen and oxygen atoms in total. The normalized spacial score (nSPS) is 11.8. The van der Waals surface area contributed by atoms with Crippen molar-refractivity contribution in [3.63, 3.8) is 0 Å². The van der Waals surface area contributed by atoms with Crippen LogP contribution in [-0.4, -0.2) is 19.2 Å². The standard InChI is InChI=1S/C17H20N2O2/c18-17(20)21-12-11-19-16(15-9-5-2-6-10-15)13-14-7-3-1-4-8-14/h1-10,16,19H,11-13H2,(H2,18,20). The van der Waals surface area contributed by atoms with E-state index in [1.165, 1.54) is 11.1 Å². The number of carbonyl (C=O) groups excluding carboxylic acids is 1. The summed E-state index contributed by atoms with van der Waals surface area (Å²) in [6.07, 6.45) is 0.137. The Labute approximate surface area is 124 Å². The summed E-state index contributed by atoms with van der Waals surface area (Å²) in [4.78, 5) is 10.6. The predicted octanol–water partition coefficient (Wildman–Crippen LogP) is 2.66. The van der Waals surface area contributed by atoms with Gasteiger partial charge in [-0.2, -0.15) is 0 Å². The van der Waals surface area contributed by atoms with Gasteiger partial charge in [-0.3, -0.25) is 0 Å². The smallest absolute Gasteiger partial charge is 0.404 e. The monoisotopic (exact) mass is 284 g/mol. The Balaban J connectivity index is 1.99. The summed E-state index contributed by atoms with van der Waals surface area (Å²) in [5, 5.41) is 3.41. The molecule has 2 aromatic rings. The van der Waals surface area contributed by atoms with Crippen LogP contribution in [0.2, 0.25) is 0 Å². The Morgan fingerprint density at radius 1 is 1.05 bits per heavy atom. The van der Waals surface area contributed by atoms with E-state index in [2.05, 4.69) is 29.6 Å². The zero-order valence-corrected chi connectivity index (χ0v) is 11.9. The van der Waals surface area contributed by atoms with Gasteiger partial charge in [-0.25, -0.2) is 4.79 Å². The van der Waals surface area contributed by atoms with Crippen LogP contribution in [-0.2, 0) is 11.2 Å². The first-order valence-electron chi connectivity index (χ1n) is 7.00. The fourth-order valence-corrected chi connectivity index (χ4v) is 2.23. The van der Waals surface area contributed by atoms with Gasteiger partial charge in [0.05, 0.1) is 0 Å². The lowest BCUT2D eigenvalue weighted by atomic mass is 9.99. The Morgan fingerprint density at radius 2 is 1.67 bits per heavy atom. The van der Waals surface area contributed by atoms with Gasteiger partial charge in [0, 0.05) is 12.6 Å². The van der Waals surface area contributed by atoms with Crippen molar-refractivity contribution in [2.75, 3.05) is 13.2 Å². The molecule has 0 radical (unpaired) electrons. The average molecular weight is 284 g/mol. The van der Waals surface area contributed by atoms with Crippen molar-refractivity contribution in [3.05, 3.63) is 71.8 Å². The highest BCUT2D eigenvalue weighted by atomic mass is 16.5. The van der Waals surface area contributed by atoms with Crippen molar-refractivity contribution in [1.29, 1.82) is 0 Å². The maximum Gasteiger partial charge on any atom is 0.404 e. The largest absolute Gasteiger partial charge is 0.448 e. The second-order valence-electron chi connectivity index (χ2n) is 4.77. The van der Waals surface area contributed by atoms with E-state index in [1.54, 1.807) is 0 Å². The van der Waals surface area contributed by atoms with Crippen molar-refractivity contribution in [2.24, 2.45) is 5.73 Å². The summed E-state index contributed by atoms with van der Waals surface area (Å²) in [7, 11) is 0. The molecule has 0 aliphatic heterocycles. The van der Waals surface area contributed by atoms with E-state index in [0.717, 1.165) is 6.42 Å². The van der Waals surface area contributed by atoms with Crippen molar-refractivity contribution >= 4 is 6.09 Å². The zero-order chi connectivity index (χ0) is 14.9. The highest BCUT2D eigenvalue weighted by Gasteiger charge is 2.11. The summed E-state index contributed by atoms with van der Waals surface area (Å²) < 4.78 is 4.75. The number of amides is 1. The van der Waals surface area contributed by atoms with E-state index >= 15 is 0 Å². The van der Waals surface area contributed by atoms with Gasteiger partial charge in [-0.15, -0.1) is 0 Å². The molecule has 4 heteroatoms. The maximum absolute atomic E-state index is 10.6. The fourth-order valence-electron chi connectivity index (χ4n) is 2.23. The molecule has 2 aromatic carbocycles. The van der Waals surface area contributed by atoms with Gasteiger partial charge in [-0.05, 0) is 17.5 Å². The summed E-state index contributed by atoms with van der Waals surface area (Å²) in [5.74, 6) is 0. The number of primary amides is 1. The van der Waals surface area contributed by atoms with Crippen LogP contribution in [0.15, 0.2) is 60.7 Å². The maximum atomic E-state index is 10.6. The first kappa shape index (κ1) is 15.1. The third kappa shape index (κ3) is 5.28. The van der Waals surface area contributed by atoms with Crippen LogP contribution in [0.1, 0.15) is 17.2 Å². The fraction of sp³-hybridized carbons (Fsp3) is 0.235. The molecule has 1 amide bonds. The van der Waals surface area contributed by atoms with Crippen molar-refractivity contribution in [1.82, 2.24) is 5.32 Å². The lowest BCUT2D eigenvalue weighted by Gasteiger charge is -2.19. The highest BCUT2D eigenvalue weighted by molar-refractivity contribution is 5.64. The van der Waals surface area contributed by atoms with Gasteiger partial charge in [0.2, 0.25) is 0 Å². The molecule has 0 spiro atoms. The molecule has 0 heterocycles. The van der Waals surface area contributed by atoms with E-state index in [0.29, 0.717) is 6.54 Å².